The topological polar surface area (TPSA) is 57.9 Å². The molecule has 6 nitrogen and oxygen atoms in total. The van der Waals surface area contributed by atoms with Crippen LogP contribution in [0, 0.1) is 0 Å². The van der Waals surface area contributed by atoms with Gasteiger partial charge in [-0.15, -0.1) is 0 Å². The lowest BCUT2D eigenvalue weighted by atomic mass is 10.1. The predicted octanol–water partition coefficient (Wildman–Crippen LogP) is 4.27. The van der Waals surface area contributed by atoms with E-state index in [0.717, 1.165) is 48.3 Å². The average Bonchev–Trinajstić information content (AvgIpc) is 3.20. The van der Waals surface area contributed by atoms with Crippen LogP contribution < -0.4 is 0 Å². The molecule has 1 fully saturated rings. The Morgan fingerprint density at radius 1 is 0.824 bits per heavy atom. The molecular formula is C27H28N4O2S. The fourth-order valence-corrected chi connectivity index (χ4v) is 6.11. The molecular weight excluding hydrogens is 444 g/mol. The number of aromatic nitrogens is 1. The first kappa shape index (κ1) is 22.4. The molecule has 0 amide bonds. The Morgan fingerprint density at radius 2 is 1.44 bits per heavy atom. The van der Waals surface area contributed by atoms with E-state index in [4.69, 9.17) is 5.10 Å². The second-order valence-electron chi connectivity index (χ2n) is 8.65. The van der Waals surface area contributed by atoms with E-state index in [-0.39, 0.29) is 5.75 Å². The third kappa shape index (κ3) is 4.49. The van der Waals surface area contributed by atoms with Gasteiger partial charge in [0.05, 0.1) is 23.2 Å². The number of hydrazone groups is 1. The Kier molecular flexibility index (Phi) is 6.22. The lowest BCUT2D eigenvalue weighted by Gasteiger charge is -2.30. The van der Waals surface area contributed by atoms with Gasteiger partial charge in [0.1, 0.15) is 0 Å². The fourth-order valence-electron chi connectivity index (χ4n) is 4.42. The number of benzene rings is 3. The van der Waals surface area contributed by atoms with E-state index in [1.165, 1.54) is 3.97 Å². The molecule has 0 aliphatic carbocycles. The summed E-state index contributed by atoms with van der Waals surface area (Å²) in [6, 6.07) is 26.7. The molecule has 5 rings (SSSR count). The van der Waals surface area contributed by atoms with E-state index < -0.39 is 10.0 Å². The van der Waals surface area contributed by atoms with Gasteiger partial charge >= 0.3 is 0 Å². The van der Waals surface area contributed by atoms with Crippen molar-refractivity contribution in [2.24, 2.45) is 5.10 Å². The van der Waals surface area contributed by atoms with Gasteiger partial charge in [0.15, 0.2) is 0 Å². The number of hydrogen-bond donors (Lipinski definition) is 0. The SMILES string of the molecule is CN1CCN(N=Cc2c(-c3ccccc3)n(S(=O)(=O)Cc3ccccc3)c3ccccc23)CC1. The summed E-state index contributed by atoms with van der Waals surface area (Å²) in [5.74, 6) is -0.0820. The third-order valence-electron chi connectivity index (χ3n) is 6.22. The minimum absolute atomic E-state index is 0.0820. The van der Waals surface area contributed by atoms with Crippen molar-refractivity contribution in [1.82, 2.24) is 13.9 Å². The zero-order valence-electron chi connectivity index (χ0n) is 19.2. The molecule has 4 aromatic rings. The molecule has 3 aromatic carbocycles. The van der Waals surface area contributed by atoms with E-state index >= 15 is 0 Å². The van der Waals surface area contributed by atoms with Gasteiger partial charge in [-0.2, -0.15) is 5.10 Å². The number of fused-ring (bicyclic) bond motifs is 1. The van der Waals surface area contributed by atoms with Gasteiger partial charge in [0, 0.05) is 37.1 Å². The Bertz CT molecular complexity index is 1410. The molecule has 1 saturated heterocycles. The molecule has 0 N–H and O–H groups in total. The Labute approximate surface area is 200 Å². The van der Waals surface area contributed by atoms with Crippen LogP contribution in [0.2, 0.25) is 0 Å². The first-order valence-electron chi connectivity index (χ1n) is 11.5. The molecule has 1 aliphatic rings. The van der Waals surface area contributed by atoms with Crippen LogP contribution >= 0.6 is 0 Å². The summed E-state index contributed by atoms with van der Waals surface area (Å²) in [7, 11) is -1.60. The fraction of sp³-hybridized carbons (Fsp3) is 0.222. The number of rotatable bonds is 6. The van der Waals surface area contributed by atoms with Crippen molar-refractivity contribution in [3.05, 3.63) is 96.1 Å². The van der Waals surface area contributed by atoms with E-state index in [0.29, 0.717) is 11.2 Å². The first-order chi connectivity index (χ1) is 16.5. The van der Waals surface area contributed by atoms with Gasteiger partial charge in [-0.05, 0) is 24.2 Å². The third-order valence-corrected chi connectivity index (χ3v) is 7.85. The van der Waals surface area contributed by atoms with Crippen LogP contribution in [0.25, 0.3) is 22.2 Å². The van der Waals surface area contributed by atoms with Crippen molar-refractivity contribution in [1.29, 1.82) is 0 Å². The molecule has 0 atom stereocenters. The van der Waals surface area contributed by atoms with Crippen LogP contribution in [-0.4, -0.2) is 61.7 Å². The molecule has 34 heavy (non-hydrogen) atoms. The van der Waals surface area contributed by atoms with Gasteiger partial charge in [-0.3, -0.25) is 5.01 Å². The minimum Gasteiger partial charge on any atom is -0.303 e. The number of likely N-dealkylation sites (N-methyl/N-ethyl adjacent to an activating group) is 1. The first-order valence-corrected chi connectivity index (χ1v) is 13.1. The van der Waals surface area contributed by atoms with Crippen molar-refractivity contribution >= 4 is 27.1 Å². The predicted molar refractivity (Wildman–Crippen MR) is 139 cm³/mol. The maximum absolute atomic E-state index is 13.9. The highest BCUT2D eigenvalue weighted by Gasteiger charge is 2.26. The van der Waals surface area contributed by atoms with E-state index in [1.807, 2.05) is 91.1 Å². The molecule has 2 heterocycles. The van der Waals surface area contributed by atoms with Crippen LogP contribution in [0.3, 0.4) is 0 Å². The molecule has 0 spiro atoms. The molecule has 1 aliphatic heterocycles. The van der Waals surface area contributed by atoms with Crippen LogP contribution in [0.1, 0.15) is 11.1 Å². The summed E-state index contributed by atoms with van der Waals surface area (Å²) < 4.78 is 29.2. The molecule has 0 saturated carbocycles. The van der Waals surface area contributed by atoms with Crippen LogP contribution in [0.5, 0.6) is 0 Å². The van der Waals surface area contributed by atoms with Gasteiger partial charge in [0.25, 0.3) is 0 Å². The highest BCUT2D eigenvalue weighted by molar-refractivity contribution is 7.89. The normalized spacial score (nSPS) is 15.4. The lowest BCUT2D eigenvalue weighted by molar-refractivity contribution is 0.159. The largest absolute Gasteiger partial charge is 0.303 e. The highest BCUT2D eigenvalue weighted by Crippen LogP contribution is 2.35. The molecule has 7 heteroatoms. The molecule has 1 aromatic heterocycles. The highest BCUT2D eigenvalue weighted by atomic mass is 32.2. The summed E-state index contributed by atoms with van der Waals surface area (Å²) in [6.45, 7) is 3.60. The summed E-state index contributed by atoms with van der Waals surface area (Å²) in [5, 5.41) is 7.70. The molecule has 0 radical (unpaired) electrons. The number of para-hydroxylation sites is 1. The van der Waals surface area contributed by atoms with Gasteiger partial charge in [0.2, 0.25) is 10.0 Å². The van der Waals surface area contributed by atoms with Crippen LogP contribution in [0.4, 0.5) is 0 Å². The van der Waals surface area contributed by atoms with Crippen molar-refractivity contribution in [3.63, 3.8) is 0 Å². The maximum Gasteiger partial charge on any atom is 0.243 e. The molecule has 0 unspecified atom stereocenters. The van der Waals surface area contributed by atoms with Crippen LogP contribution in [-0.2, 0) is 15.8 Å². The molecule has 0 bridgehead atoms. The van der Waals surface area contributed by atoms with Gasteiger partial charge < -0.3 is 4.90 Å². The quantitative estimate of drug-likeness (QED) is 0.393. The van der Waals surface area contributed by atoms with E-state index in [2.05, 4.69) is 17.0 Å². The Hall–Kier alpha value is -3.42. The number of hydrogen-bond acceptors (Lipinski definition) is 5. The standard InChI is InChI=1S/C27H28N4O2S/c1-29-16-18-30(19-17-29)28-20-25-24-14-8-9-15-26(24)31(27(25)23-12-6-3-7-13-23)34(32,33)21-22-10-4-2-5-11-22/h2-15,20H,16-19,21H2,1H3. The number of nitrogens with zero attached hydrogens (tertiary/aromatic N) is 4. The average molecular weight is 473 g/mol. The zero-order valence-corrected chi connectivity index (χ0v) is 20.0. The van der Waals surface area contributed by atoms with Gasteiger partial charge in [-0.25, -0.2) is 12.4 Å². The van der Waals surface area contributed by atoms with Crippen molar-refractivity contribution in [2.75, 3.05) is 33.2 Å². The monoisotopic (exact) mass is 472 g/mol. The lowest BCUT2D eigenvalue weighted by Crippen LogP contribution is -2.41. The Balaban J connectivity index is 1.69. The minimum atomic E-state index is -3.71. The van der Waals surface area contributed by atoms with Crippen LogP contribution in [0.15, 0.2) is 90.0 Å². The van der Waals surface area contributed by atoms with Crippen molar-refractivity contribution < 1.29 is 8.42 Å². The second-order valence-corrected chi connectivity index (χ2v) is 10.5. The summed E-state index contributed by atoms with van der Waals surface area (Å²) in [4.78, 5) is 2.28. The maximum atomic E-state index is 13.9. The van der Waals surface area contributed by atoms with Gasteiger partial charge in [-0.1, -0.05) is 78.9 Å². The summed E-state index contributed by atoms with van der Waals surface area (Å²) in [5.41, 5.74) is 3.73. The second kappa shape index (κ2) is 9.44. The smallest absolute Gasteiger partial charge is 0.243 e. The summed E-state index contributed by atoms with van der Waals surface area (Å²) in [6.07, 6.45) is 1.84. The molecule has 174 valence electrons. The van der Waals surface area contributed by atoms with E-state index in [9.17, 15) is 8.42 Å². The van der Waals surface area contributed by atoms with Crippen molar-refractivity contribution in [2.45, 2.75) is 5.75 Å². The zero-order chi connectivity index (χ0) is 23.5. The Morgan fingerprint density at radius 3 is 2.15 bits per heavy atom. The van der Waals surface area contributed by atoms with E-state index in [1.54, 1.807) is 0 Å². The number of piperazine rings is 1. The van der Waals surface area contributed by atoms with Crippen molar-refractivity contribution in [3.8, 4) is 11.3 Å². The summed E-state index contributed by atoms with van der Waals surface area (Å²) >= 11 is 0.